The van der Waals surface area contributed by atoms with Crippen LogP contribution in [0.1, 0.15) is 58.3 Å². The molecular weight excluding hydrogens is 342 g/mol. The van der Waals surface area contributed by atoms with Gasteiger partial charge in [-0.2, -0.15) is 0 Å². The van der Waals surface area contributed by atoms with Crippen LogP contribution >= 0.6 is 0 Å². The Morgan fingerprint density at radius 3 is 2.67 bits per heavy atom. The molecule has 7 heteroatoms. The van der Waals surface area contributed by atoms with E-state index < -0.39 is 0 Å². The Morgan fingerprint density at radius 1 is 1.22 bits per heavy atom. The van der Waals surface area contributed by atoms with Crippen molar-refractivity contribution in [1.29, 1.82) is 0 Å². The SMILES string of the molecule is Cn1cccc1C(=O)N1CCCC(CNC(=O)c2cnc(C3CC3)nc2)C1. The Bertz CT molecular complexity index is 825. The lowest BCUT2D eigenvalue weighted by atomic mass is 9.97. The smallest absolute Gasteiger partial charge is 0.270 e. The van der Waals surface area contributed by atoms with Gasteiger partial charge in [0, 0.05) is 51.2 Å². The second kappa shape index (κ2) is 7.50. The third-order valence-electron chi connectivity index (χ3n) is 5.40. The molecule has 1 N–H and O–H groups in total. The van der Waals surface area contributed by atoms with Gasteiger partial charge in [0.05, 0.1) is 5.56 Å². The number of likely N-dealkylation sites (tertiary alicyclic amines) is 1. The topological polar surface area (TPSA) is 80.1 Å². The van der Waals surface area contributed by atoms with E-state index in [0.29, 0.717) is 30.3 Å². The molecule has 2 aliphatic rings. The van der Waals surface area contributed by atoms with Gasteiger partial charge >= 0.3 is 0 Å². The first kappa shape index (κ1) is 17.7. The number of hydrogen-bond acceptors (Lipinski definition) is 4. The summed E-state index contributed by atoms with van der Waals surface area (Å²) >= 11 is 0. The number of aryl methyl sites for hydroxylation is 1. The molecule has 1 unspecified atom stereocenters. The fraction of sp³-hybridized carbons (Fsp3) is 0.500. The summed E-state index contributed by atoms with van der Waals surface area (Å²) in [7, 11) is 1.88. The van der Waals surface area contributed by atoms with Crippen LogP contribution in [0.15, 0.2) is 30.7 Å². The van der Waals surface area contributed by atoms with Gasteiger partial charge in [-0.25, -0.2) is 9.97 Å². The van der Waals surface area contributed by atoms with E-state index in [9.17, 15) is 9.59 Å². The molecule has 27 heavy (non-hydrogen) atoms. The number of carbonyl (C=O) groups excluding carboxylic acids is 2. The first-order valence-electron chi connectivity index (χ1n) is 9.62. The van der Waals surface area contributed by atoms with E-state index >= 15 is 0 Å². The average molecular weight is 367 g/mol. The molecule has 2 amide bonds. The van der Waals surface area contributed by atoms with E-state index in [0.717, 1.165) is 38.1 Å². The monoisotopic (exact) mass is 367 g/mol. The molecule has 2 aromatic rings. The van der Waals surface area contributed by atoms with Crippen molar-refractivity contribution in [2.75, 3.05) is 19.6 Å². The summed E-state index contributed by atoms with van der Waals surface area (Å²) in [5.41, 5.74) is 1.19. The summed E-state index contributed by atoms with van der Waals surface area (Å²) < 4.78 is 1.85. The number of rotatable bonds is 5. The summed E-state index contributed by atoms with van der Waals surface area (Å²) in [5, 5.41) is 2.98. The maximum absolute atomic E-state index is 12.7. The number of piperidine rings is 1. The zero-order valence-electron chi connectivity index (χ0n) is 15.6. The maximum Gasteiger partial charge on any atom is 0.270 e. The zero-order chi connectivity index (χ0) is 18.8. The molecule has 0 spiro atoms. The molecule has 2 aromatic heterocycles. The summed E-state index contributed by atoms with van der Waals surface area (Å²) in [6.45, 7) is 1.99. The van der Waals surface area contributed by atoms with Gasteiger partial charge in [-0.15, -0.1) is 0 Å². The van der Waals surface area contributed by atoms with Gasteiger partial charge < -0.3 is 14.8 Å². The lowest BCUT2D eigenvalue weighted by Gasteiger charge is -2.33. The number of nitrogens with one attached hydrogen (secondary N) is 1. The van der Waals surface area contributed by atoms with E-state index in [1.54, 1.807) is 12.4 Å². The first-order valence-corrected chi connectivity index (χ1v) is 9.62. The van der Waals surface area contributed by atoms with Gasteiger partial charge in [0.2, 0.25) is 0 Å². The number of aromatic nitrogens is 3. The summed E-state index contributed by atoms with van der Waals surface area (Å²) in [6, 6.07) is 3.73. The van der Waals surface area contributed by atoms with Crippen molar-refractivity contribution >= 4 is 11.8 Å². The molecule has 142 valence electrons. The Balaban J connectivity index is 1.30. The molecule has 7 nitrogen and oxygen atoms in total. The quantitative estimate of drug-likeness (QED) is 0.876. The van der Waals surface area contributed by atoms with Crippen molar-refractivity contribution in [1.82, 2.24) is 24.8 Å². The van der Waals surface area contributed by atoms with Crippen molar-refractivity contribution in [3.8, 4) is 0 Å². The molecule has 0 bridgehead atoms. The highest BCUT2D eigenvalue weighted by molar-refractivity contribution is 5.94. The fourth-order valence-corrected chi connectivity index (χ4v) is 3.61. The largest absolute Gasteiger partial charge is 0.352 e. The molecule has 0 aromatic carbocycles. The van der Waals surface area contributed by atoms with Crippen molar-refractivity contribution in [3.63, 3.8) is 0 Å². The molecule has 3 heterocycles. The molecule has 1 saturated heterocycles. The number of hydrogen-bond donors (Lipinski definition) is 1. The van der Waals surface area contributed by atoms with Gasteiger partial charge in [-0.1, -0.05) is 0 Å². The second-order valence-corrected chi connectivity index (χ2v) is 7.58. The predicted octanol–water partition coefficient (Wildman–Crippen LogP) is 1.97. The summed E-state index contributed by atoms with van der Waals surface area (Å²) in [5.74, 6) is 1.50. The molecular formula is C20H25N5O2. The molecule has 1 aliphatic carbocycles. The van der Waals surface area contributed by atoms with Gasteiger partial charge in [0.25, 0.3) is 11.8 Å². The third-order valence-corrected chi connectivity index (χ3v) is 5.40. The van der Waals surface area contributed by atoms with E-state index in [2.05, 4.69) is 15.3 Å². The van der Waals surface area contributed by atoms with Crippen LogP contribution in [0.25, 0.3) is 0 Å². The van der Waals surface area contributed by atoms with Crippen molar-refractivity contribution in [2.45, 2.75) is 31.6 Å². The van der Waals surface area contributed by atoms with Crippen LogP contribution in [0.4, 0.5) is 0 Å². The highest BCUT2D eigenvalue weighted by Gasteiger charge is 2.27. The van der Waals surface area contributed by atoms with E-state index in [-0.39, 0.29) is 17.7 Å². The standard InChI is InChI=1S/C20H25N5O2/c1-24-8-3-5-17(24)20(27)25-9-2-4-14(13-25)10-23-19(26)16-11-21-18(22-12-16)15-6-7-15/h3,5,8,11-12,14-15H,2,4,6-7,9-10,13H2,1H3,(H,23,26). The fourth-order valence-electron chi connectivity index (χ4n) is 3.61. The third kappa shape index (κ3) is 4.02. The number of carbonyl (C=O) groups is 2. The predicted molar refractivity (Wildman–Crippen MR) is 100 cm³/mol. The van der Waals surface area contributed by atoms with Crippen LogP contribution in [0.3, 0.4) is 0 Å². The zero-order valence-corrected chi connectivity index (χ0v) is 15.6. The number of amides is 2. The summed E-state index contributed by atoms with van der Waals surface area (Å²) in [6.07, 6.45) is 9.36. The molecule has 1 saturated carbocycles. The van der Waals surface area contributed by atoms with E-state index in [1.165, 1.54) is 0 Å². The lowest BCUT2D eigenvalue weighted by molar-refractivity contribution is 0.0661. The van der Waals surface area contributed by atoms with Gasteiger partial charge in [0.15, 0.2) is 0 Å². The second-order valence-electron chi connectivity index (χ2n) is 7.58. The van der Waals surface area contributed by atoms with Crippen LogP contribution in [-0.2, 0) is 7.05 Å². The molecule has 1 atom stereocenters. The maximum atomic E-state index is 12.7. The number of nitrogens with zero attached hydrogens (tertiary/aromatic N) is 4. The van der Waals surface area contributed by atoms with Crippen LogP contribution in [-0.4, -0.2) is 50.9 Å². The highest BCUT2D eigenvalue weighted by atomic mass is 16.2. The van der Waals surface area contributed by atoms with E-state index in [4.69, 9.17) is 0 Å². The minimum atomic E-state index is -0.150. The minimum absolute atomic E-state index is 0.0580. The minimum Gasteiger partial charge on any atom is -0.352 e. The average Bonchev–Trinajstić information content (AvgIpc) is 3.47. The molecule has 4 rings (SSSR count). The molecule has 2 fully saturated rings. The van der Waals surface area contributed by atoms with Crippen LogP contribution in [0.2, 0.25) is 0 Å². The van der Waals surface area contributed by atoms with E-state index in [1.807, 2.05) is 34.8 Å². The van der Waals surface area contributed by atoms with Crippen LogP contribution < -0.4 is 5.32 Å². The van der Waals surface area contributed by atoms with Crippen molar-refractivity contribution < 1.29 is 9.59 Å². The van der Waals surface area contributed by atoms with Crippen LogP contribution in [0.5, 0.6) is 0 Å². The van der Waals surface area contributed by atoms with Crippen molar-refractivity contribution in [2.24, 2.45) is 13.0 Å². The Kier molecular flexibility index (Phi) is 4.92. The van der Waals surface area contributed by atoms with Gasteiger partial charge in [-0.05, 0) is 43.7 Å². The molecule has 0 radical (unpaired) electrons. The highest BCUT2D eigenvalue weighted by Crippen LogP contribution is 2.37. The Morgan fingerprint density at radius 2 is 2.00 bits per heavy atom. The van der Waals surface area contributed by atoms with Crippen molar-refractivity contribution in [3.05, 3.63) is 47.8 Å². The normalized spacial score (nSPS) is 19.7. The summed E-state index contributed by atoms with van der Waals surface area (Å²) in [4.78, 5) is 35.5. The lowest BCUT2D eigenvalue weighted by Crippen LogP contribution is -2.44. The Hall–Kier alpha value is -2.70. The first-order chi connectivity index (χ1) is 13.1. The Labute approximate surface area is 158 Å². The van der Waals surface area contributed by atoms with Gasteiger partial charge in [0.1, 0.15) is 11.5 Å². The van der Waals surface area contributed by atoms with Gasteiger partial charge in [-0.3, -0.25) is 9.59 Å². The van der Waals surface area contributed by atoms with Crippen LogP contribution in [0, 0.1) is 5.92 Å². The molecule has 1 aliphatic heterocycles.